The van der Waals surface area contributed by atoms with Crippen LogP contribution in [0.1, 0.15) is 22.5 Å². The lowest BCUT2D eigenvalue weighted by atomic mass is 10.1. The third-order valence-corrected chi connectivity index (χ3v) is 6.10. The quantitative estimate of drug-likeness (QED) is 0.456. The molecule has 0 aliphatic carbocycles. The number of carbonyl (C=O) groups is 1. The summed E-state index contributed by atoms with van der Waals surface area (Å²) in [6.45, 7) is 7.80. The number of likely N-dealkylation sites (N-methyl/N-ethyl adjacent to an activating group) is 1. The van der Waals surface area contributed by atoms with Gasteiger partial charge in [0.1, 0.15) is 11.6 Å². The van der Waals surface area contributed by atoms with Crippen LogP contribution in [0.5, 0.6) is 0 Å². The Bertz CT molecular complexity index is 1060. The van der Waals surface area contributed by atoms with Gasteiger partial charge in [-0.2, -0.15) is 0 Å². The van der Waals surface area contributed by atoms with E-state index >= 15 is 0 Å². The lowest BCUT2D eigenvalue weighted by Crippen LogP contribution is -2.37. The molecule has 32 heavy (non-hydrogen) atoms. The largest absolute Gasteiger partial charge is 0.336 e. The SMILES string of the molecule is Cc1ccc(C)c(-n2c(C)nnc2SCC(=O)N(CCN(C)C)Cc2ccc(F)cc2)c1. The molecule has 3 rings (SSSR count). The first-order valence-electron chi connectivity index (χ1n) is 10.5. The van der Waals surface area contributed by atoms with E-state index in [0.29, 0.717) is 18.2 Å². The van der Waals surface area contributed by atoms with Crippen molar-refractivity contribution in [3.63, 3.8) is 0 Å². The fourth-order valence-corrected chi connectivity index (χ4v) is 4.21. The van der Waals surface area contributed by atoms with E-state index in [4.69, 9.17) is 0 Å². The number of aromatic nitrogens is 3. The highest BCUT2D eigenvalue weighted by Crippen LogP contribution is 2.25. The average molecular weight is 456 g/mol. The highest BCUT2D eigenvalue weighted by atomic mass is 32.2. The molecule has 0 aliphatic rings. The van der Waals surface area contributed by atoms with Crippen LogP contribution in [0.2, 0.25) is 0 Å². The highest BCUT2D eigenvalue weighted by molar-refractivity contribution is 7.99. The monoisotopic (exact) mass is 455 g/mol. The number of amides is 1. The lowest BCUT2D eigenvalue weighted by Gasteiger charge is -2.24. The number of thioether (sulfide) groups is 1. The molecular formula is C24H30FN5OS. The molecule has 1 aromatic heterocycles. The predicted octanol–water partition coefficient (Wildman–Crippen LogP) is 4.01. The van der Waals surface area contributed by atoms with Gasteiger partial charge in [0.15, 0.2) is 5.16 Å². The third kappa shape index (κ3) is 6.17. The Morgan fingerprint density at radius 3 is 2.44 bits per heavy atom. The summed E-state index contributed by atoms with van der Waals surface area (Å²) in [7, 11) is 3.95. The summed E-state index contributed by atoms with van der Waals surface area (Å²) in [6, 6.07) is 12.6. The average Bonchev–Trinajstić information content (AvgIpc) is 3.12. The Hall–Kier alpha value is -2.71. The molecule has 3 aromatic rings. The van der Waals surface area contributed by atoms with Crippen LogP contribution in [-0.2, 0) is 11.3 Å². The first-order chi connectivity index (χ1) is 15.2. The molecule has 0 bridgehead atoms. The fraction of sp³-hybridized carbons (Fsp3) is 0.375. The second-order valence-corrected chi connectivity index (χ2v) is 9.13. The zero-order valence-electron chi connectivity index (χ0n) is 19.3. The van der Waals surface area contributed by atoms with Crippen LogP contribution in [0.4, 0.5) is 4.39 Å². The number of hydrogen-bond acceptors (Lipinski definition) is 5. The Morgan fingerprint density at radius 1 is 1.03 bits per heavy atom. The van der Waals surface area contributed by atoms with Gasteiger partial charge in [0.25, 0.3) is 0 Å². The van der Waals surface area contributed by atoms with Gasteiger partial charge in [-0.05, 0) is 69.8 Å². The van der Waals surface area contributed by atoms with Crippen molar-refractivity contribution in [3.05, 3.63) is 70.8 Å². The summed E-state index contributed by atoms with van der Waals surface area (Å²) in [5, 5.41) is 9.26. The highest BCUT2D eigenvalue weighted by Gasteiger charge is 2.19. The van der Waals surface area contributed by atoms with Crippen molar-refractivity contribution in [1.82, 2.24) is 24.6 Å². The maximum absolute atomic E-state index is 13.3. The zero-order chi connectivity index (χ0) is 23.3. The second-order valence-electron chi connectivity index (χ2n) is 8.19. The second kappa shape index (κ2) is 10.7. The van der Waals surface area contributed by atoms with Crippen molar-refractivity contribution in [2.24, 2.45) is 0 Å². The maximum atomic E-state index is 13.3. The van der Waals surface area contributed by atoms with Crippen LogP contribution < -0.4 is 0 Å². The van der Waals surface area contributed by atoms with Crippen LogP contribution in [0.25, 0.3) is 5.69 Å². The van der Waals surface area contributed by atoms with Gasteiger partial charge in [-0.25, -0.2) is 4.39 Å². The molecule has 170 valence electrons. The minimum absolute atomic E-state index is 0.00865. The third-order valence-electron chi connectivity index (χ3n) is 5.18. The Balaban J connectivity index is 1.76. The first kappa shape index (κ1) is 23.9. The van der Waals surface area contributed by atoms with Gasteiger partial charge in [0.2, 0.25) is 5.91 Å². The number of aryl methyl sites for hydroxylation is 3. The van der Waals surface area contributed by atoms with Crippen LogP contribution in [0.15, 0.2) is 47.6 Å². The lowest BCUT2D eigenvalue weighted by molar-refractivity contribution is -0.129. The molecule has 0 saturated carbocycles. The maximum Gasteiger partial charge on any atom is 0.233 e. The van der Waals surface area contributed by atoms with Gasteiger partial charge in [-0.1, -0.05) is 36.0 Å². The van der Waals surface area contributed by atoms with E-state index in [0.717, 1.165) is 34.7 Å². The number of halogens is 1. The van der Waals surface area contributed by atoms with Crippen LogP contribution in [-0.4, -0.2) is 63.4 Å². The molecule has 1 amide bonds. The molecule has 0 aliphatic heterocycles. The summed E-state index contributed by atoms with van der Waals surface area (Å²) in [4.78, 5) is 17.0. The van der Waals surface area contributed by atoms with Crippen molar-refractivity contribution < 1.29 is 9.18 Å². The number of benzene rings is 2. The smallest absolute Gasteiger partial charge is 0.233 e. The normalized spacial score (nSPS) is 11.2. The van der Waals surface area contributed by atoms with E-state index in [9.17, 15) is 9.18 Å². The molecule has 1 heterocycles. The van der Waals surface area contributed by atoms with Gasteiger partial charge in [-0.15, -0.1) is 10.2 Å². The summed E-state index contributed by atoms with van der Waals surface area (Å²) in [5.41, 5.74) is 4.20. The number of nitrogens with zero attached hydrogens (tertiary/aromatic N) is 5. The Labute approximate surface area is 193 Å². The summed E-state index contributed by atoms with van der Waals surface area (Å²) in [5.74, 6) is 0.757. The number of rotatable bonds is 9. The fourth-order valence-electron chi connectivity index (χ4n) is 3.31. The molecule has 0 N–H and O–H groups in total. The molecular weight excluding hydrogens is 425 g/mol. The predicted molar refractivity (Wildman–Crippen MR) is 127 cm³/mol. The van der Waals surface area contributed by atoms with Gasteiger partial charge >= 0.3 is 0 Å². The molecule has 6 nitrogen and oxygen atoms in total. The van der Waals surface area contributed by atoms with Crippen molar-refractivity contribution >= 4 is 17.7 Å². The van der Waals surface area contributed by atoms with Gasteiger partial charge < -0.3 is 9.80 Å². The minimum Gasteiger partial charge on any atom is -0.336 e. The molecule has 0 spiro atoms. The standard InChI is InChI=1S/C24H30FN5OS/c1-17-6-7-18(2)22(14-17)30-19(3)26-27-24(30)32-16-23(31)29(13-12-28(4)5)15-20-8-10-21(25)11-9-20/h6-11,14H,12-13,15-16H2,1-5H3. The van der Waals surface area contributed by atoms with Crippen molar-refractivity contribution in [1.29, 1.82) is 0 Å². The van der Waals surface area contributed by atoms with E-state index in [1.807, 2.05) is 35.4 Å². The van der Waals surface area contributed by atoms with E-state index in [-0.39, 0.29) is 17.5 Å². The van der Waals surface area contributed by atoms with Gasteiger partial charge in [-0.3, -0.25) is 9.36 Å². The number of carbonyl (C=O) groups excluding carboxylic acids is 1. The number of hydrogen-bond donors (Lipinski definition) is 0. The van der Waals surface area contributed by atoms with E-state index in [2.05, 4.69) is 42.2 Å². The van der Waals surface area contributed by atoms with E-state index in [1.54, 1.807) is 12.1 Å². The minimum atomic E-state index is -0.281. The van der Waals surface area contributed by atoms with Crippen molar-refractivity contribution in [2.45, 2.75) is 32.5 Å². The molecule has 0 atom stereocenters. The molecule has 0 unspecified atom stereocenters. The summed E-state index contributed by atoms with van der Waals surface area (Å²) in [6.07, 6.45) is 0. The molecule has 0 radical (unpaired) electrons. The Kier molecular flexibility index (Phi) is 8.04. The van der Waals surface area contributed by atoms with Crippen molar-refractivity contribution in [2.75, 3.05) is 32.9 Å². The van der Waals surface area contributed by atoms with Gasteiger partial charge in [0, 0.05) is 19.6 Å². The molecule has 2 aromatic carbocycles. The zero-order valence-corrected chi connectivity index (χ0v) is 20.1. The van der Waals surface area contributed by atoms with Gasteiger partial charge in [0.05, 0.1) is 11.4 Å². The first-order valence-corrected chi connectivity index (χ1v) is 11.5. The summed E-state index contributed by atoms with van der Waals surface area (Å²) < 4.78 is 15.3. The Morgan fingerprint density at radius 2 is 1.75 bits per heavy atom. The van der Waals surface area contributed by atoms with Crippen LogP contribution >= 0.6 is 11.8 Å². The molecule has 0 saturated heterocycles. The molecule has 0 fully saturated rings. The van der Waals surface area contributed by atoms with E-state index in [1.165, 1.54) is 23.9 Å². The van der Waals surface area contributed by atoms with E-state index < -0.39 is 0 Å². The van der Waals surface area contributed by atoms with Crippen LogP contribution in [0.3, 0.4) is 0 Å². The van der Waals surface area contributed by atoms with Crippen LogP contribution in [0, 0.1) is 26.6 Å². The molecule has 8 heteroatoms. The van der Waals surface area contributed by atoms with Crippen molar-refractivity contribution in [3.8, 4) is 5.69 Å². The topological polar surface area (TPSA) is 54.3 Å². The summed E-state index contributed by atoms with van der Waals surface area (Å²) >= 11 is 1.39.